The van der Waals surface area contributed by atoms with E-state index < -0.39 is 0 Å². The molecular formula is C14H17ClN2O. The molecule has 4 heteroatoms. The van der Waals surface area contributed by atoms with Gasteiger partial charge >= 0.3 is 6.03 Å². The van der Waals surface area contributed by atoms with Gasteiger partial charge < -0.3 is 10.6 Å². The Kier molecular flexibility index (Phi) is 3.16. The van der Waals surface area contributed by atoms with E-state index in [-0.39, 0.29) is 6.03 Å². The molecule has 0 saturated heterocycles. The molecule has 2 saturated carbocycles. The van der Waals surface area contributed by atoms with Gasteiger partial charge in [0.05, 0.1) is 0 Å². The van der Waals surface area contributed by atoms with Crippen molar-refractivity contribution in [2.24, 2.45) is 11.8 Å². The Bertz CT molecular complexity index is 446. The maximum Gasteiger partial charge on any atom is 0.319 e. The molecule has 3 rings (SSSR count). The fraction of sp³-hybridized carbons (Fsp3) is 0.500. The Morgan fingerprint density at radius 3 is 2.56 bits per heavy atom. The predicted octanol–water partition coefficient (Wildman–Crippen LogP) is 3.65. The van der Waals surface area contributed by atoms with E-state index in [1.807, 2.05) is 12.1 Å². The summed E-state index contributed by atoms with van der Waals surface area (Å²) in [7, 11) is 0. The van der Waals surface area contributed by atoms with Crippen LogP contribution in [0.2, 0.25) is 5.02 Å². The van der Waals surface area contributed by atoms with Crippen molar-refractivity contribution >= 4 is 23.3 Å². The van der Waals surface area contributed by atoms with Gasteiger partial charge in [-0.1, -0.05) is 18.0 Å². The number of amides is 2. The third-order valence-electron chi connectivity index (χ3n) is 4.16. The van der Waals surface area contributed by atoms with Crippen LogP contribution in [0.1, 0.15) is 25.7 Å². The number of hydrogen-bond donors (Lipinski definition) is 2. The average Bonchev–Trinajstić information content (AvgIpc) is 2.94. The third kappa shape index (κ3) is 2.46. The number of carbonyl (C=O) groups is 1. The second-order valence-corrected chi connectivity index (χ2v) is 5.82. The summed E-state index contributed by atoms with van der Waals surface area (Å²) in [6.45, 7) is 0. The number of hydrogen-bond acceptors (Lipinski definition) is 1. The molecule has 0 aliphatic heterocycles. The van der Waals surface area contributed by atoms with Crippen LogP contribution in [0.3, 0.4) is 0 Å². The number of fused-ring (bicyclic) bond motifs is 2. The summed E-state index contributed by atoms with van der Waals surface area (Å²) in [4.78, 5) is 11.9. The standard InChI is InChI=1S/C14H17ClN2O/c15-11-3-5-12(6-4-11)16-14(18)17-13-8-9-1-2-10(13)7-9/h3-6,9-10,13H,1-2,7-8H2,(H2,16,17,18)/t9-,10-,13+/m0/s1. The molecule has 2 fully saturated rings. The molecule has 2 bridgehead atoms. The third-order valence-corrected chi connectivity index (χ3v) is 4.41. The van der Waals surface area contributed by atoms with Crippen LogP contribution in [0.15, 0.2) is 24.3 Å². The minimum atomic E-state index is -0.102. The van der Waals surface area contributed by atoms with E-state index in [4.69, 9.17) is 11.6 Å². The molecule has 3 atom stereocenters. The van der Waals surface area contributed by atoms with E-state index in [9.17, 15) is 4.79 Å². The van der Waals surface area contributed by atoms with Crippen LogP contribution in [0.5, 0.6) is 0 Å². The summed E-state index contributed by atoms with van der Waals surface area (Å²) in [5.74, 6) is 1.54. The molecule has 2 aliphatic carbocycles. The minimum absolute atomic E-state index is 0.102. The first-order valence-corrected chi connectivity index (χ1v) is 6.91. The van der Waals surface area contributed by atoms with Gasteiger partial charge in [-0.2, -0.15) is 0 Å². The van der Waals surface area contributed by atoms with Gasteiger partial charge in [0.25, 0.3) is 0 Å². The lowest BCUT2D eigenvalue weighted by atomic mass is 9.95. The molecule has 0 radical (unpaired) electrons. The summed E-state index contributed by atoms with van der Waals surface area (Å²) < 4.78 is 0. The first-order valence-electron chi connectivity index (χ1n) is 6.54. The number of rotatable bonds is 2. The van der Waals surface area contributed by atoms with E-state index in [1.165, 1.54) is 19.3 Å². The van der Waals surface area contributed by atoms with Gasteiger partial charge in [-0.3, -0.25) is 0 Å². The molecule has 0 heterocycles. The number of benzene rings is 1. The van der Waals surface area contributed by atoms with Crippen molar-refractivity contribution in [2.75, 3.05) is 5.32 Å². The normalized spacial score (nSPS) is 29.3. The lowest BCUT2D eigenvalue weighted by Crippen LogP contribution is -2.40. The second kappa shape index (κ2) is 4.81. The Morgan fingerprint density at radius 1 is 1.17 bits per heavy atom. The summed E-state index contributed by atoms with van der Waals surface area (Å²) in [6, 6.07) is 7.43. The number of halogens is 1. The molecular weight excluding hydrogens is 248 g/mol. The molecule has 0 aromatic heterocycles. The highest BCUT2D eigenvalue weighted by Crippen LogP contribution is 2.44. The van der Waals surface area contributed by atoms with Crippen molar-refractivity contribution in [2.45, 2.75) is 31.7 Å². The van der Waals surface area contributed by atoms with Gasteiger partial charge in [0.1, 0.15) is 0 Å². The zero-order valence-corrected chi connectivity index (χ0v) is 10.9. The Morgan fingerprint density at radius 2 is 1.94 bits per heavy atom. The Labute approximate surface area is 112 Å². The van der Waals surface area contributed by atoms with E-state index in [0.717, 1.165) is 18.0 Å². The van der Waals surface area contributed by atoms with Gasteiger partial charge in [-0.25, -0.2) is 4.79 Å². The fourth-order valence-corrected chi connectivity index (χ4v) is 3.42. The zero-order chi connectivity index (χ0) is 12.5. The molecule has 0 spiro atoms. The van der Waals surface area contributed by atoms with Gasteiger partial charge in [-0.15, -0.1) is 0 Å². The Balaban J connectivity index is 1.54. The lowest BCUT2D eigenvalue weighted by molar-refractivity contribution is 0.242. The SMILES string of the molecule is O=C(Nc1ccc(Cl)cc1)N[C@@H]1C[C@H]2CC[C@H]1C2. The van der Waals surface area contributed by atoms with Gasteiger partial charge in [0.2, 0.25) is 0 Å². The lowest BCUT2D eigenvalue weighted by Gasteiger charge is -2.23. The molecule has 3 nitrogen and oxygen atoms in total. The molecule has 18 heavy (non-hydrogen) atoms. The quantitative estimate of drug-likeness (QED) is 0.841. The molecule has 2 amide bonds. The predicted molar refractivity (Wildman–Crippen MR) is 72.8 cm³/mol. The van der Waals surface area contributed by atoms with Crippen molar-refractivity contribution in [1.29, 1.82) is 0 Å². The molecule has 1 aromatic rings. The highest BCUT2D eigenvalue weighted by molar-refractivity contribution is 6.30. The van der Waals surface area contributed by atoms with Crippen molar-refractivity contribution in [1.82, 2.24) is 5.32 Å². The number of anilines is 1. The fourth-order valence-electron chi connectivity index (χ4n) is 3.29. The minimum Gasteiger partial charge on any atom is -0.335 e. The first-order chi connectivity index (χ1) is 8.70. The molecule has 0 unspecified atom stereocenters. The van der Waals surface area contributed by atoms with E-state index in [1.54, 1.807) is 12.1 Å². The average molecular weight is 265 g/mol. The van der Waals surface area contributed by atoms with Crippen molar-refractivity contribution < 1.29 is 4.79 Å². The topological polar surface area (TPSA) is 41.1 Å². The largest absolute Gasteiger partial charge is 0.335 e. The summed E-state index contributed by atoms with van der Waals surface area (Å²) in [6.07, 6.45) is 5.07. The Hall–Kier alpha value is -1.22. The van der Waals surface area contributed by atoms with E-state index in [2.05, 4.69) is 10.6 Å². The van der Waals surface area contributed by atoms with Crippen LogP contribution in [0.4, 0.5) is 10.5 Å². The molecule has 1 aromatic carbocycles. The number of urea groups is 1. The monoisotopic (exact) mass is 264 g/mol. The van der Waals surface area contributed by atoms with Crippen molar-refractivity contribution in [3.05, 3.63) is 29.3 Å². The molecule has 96 valence electrons. The van der Waals surface area contributed by atoms with Gasteiger partial charge in [0.15, 0.2) is 0 Å². The smallest absolute Gasteiger partial charge is 0.319 e. The second-order valence-electron chi connectivity index (χ2n) is 5.39. The maximum atomic E-state index is 11.9. The van der Waals surface area contributed by atoms with Crippen LogP contribution in [0, 0.1) is 11.8 Å². The van der Waals surface area contributed by atoms with Crippen LogP contribution in [-0.2, 0) is 0 Å². The maximum absolute atomic E-state index is 11.9. The molecule has 2 aliphatic rings. The summed E-state index contributed by atoms with van der Waals surface area (Å²) in [5, 5.41) is 6.61. The number of nitrogens with one attached hydrogen (secondary N) is 2. The van der Waals surface area contributed by atoms with Crippen LogP contribution in [0.25, 0.3) is 0 Å². The van der Waals surface area contributed by atoms with Gasteiger partial charge in [-0.05, 0) is 55.4 Å². The first kappa shape index (κ1) is 11.8. The van der Waals surface area contributed by atoms with Crippen LogP contribution < -0.4 is 10.6 Å². The summed E-state index contributed by atoms with van der Waals surface area (Å²) >= 11 is 5.80. The van der Waals surface area contributed by atoms with E-state index in [0.29, 0.717) is 17.0 Å². The molecule has 2 N–H and O–H groups in total. The summed E-state index contributed by atoms with van der Waals surface area (Å²) in [5.41, 5.74) is 0.778. The highest BCUT2D eigenvalue weighted by atomic mass is 35.5. The van der Waals surface area contributed by atoms with Crippen molar-refractivity contribution in [3.63, 3.8) is 0 Å². The van der Waals surface area contributed by atoms with Crippen molar-refractivity contribution in [3.8, 4) is 0 Å². The van der Waals surface area contributed by atoms with E-state index >= 15 is 0 Å². The van der Waals surface area contributed by atoms with Gasteiger partial charge in [0, 0.05) is 16.8 Å². The zero-order valence-electron chi connectivity index (χ0n) is 10.2. The van der Waals surface area contributed by atoms with Crippen LogP contribution in [-0.4, -0.2) is 12.1 Å². The number of carbonyl (C=O) groups excluding carboxylic acids is 1. The van der Waals surface area contributed by atoms with Crippen LogP contribution >= 0.6 is 11.6 Å². The highest BCUT2D eigenvalue weighted by Gasteiger charge is 2.40.